The quantitative estimate of drug-likeness (QED) is 0.128. The van der Waals surface area contributed by atoms with Crippen LogP contribution in [-0.2, 0) is 66.5 Å². The number of aryl methyl sites for hydroxylation is 1. The Hall–Kier alpha value is -1.90. The van der Waals surface area contributed by atoms with Crippen LogP contribution < -0.4 is 11.1 Å². The van der Waals surface area contributed by atoms with Gasteiger partial charge in [0.15, 0.2) is 40.6 Å². The van der Waals surface area contributed by atoms with Gasteiger partial charge >= 0.3 is 13.4 Å². The zero-order valence-corrected chi connectivity index (χ0v) is 41.5. The zero-order chi connectivity index (χ0) is 44.1. The van der Waals surface area contributed by atoms with Crippen molar-refractivity contribution in [3.63, 3.8) is 0 Å². The smallest absolute Gasteiger partial charge is 0.325 e. The highest BCUT2D eigenvalue weighted by molar-refractivity contribution is 8.07. The monoisotopic (exact) mass is 957 g/mol. The Labute approximate surface area is 367 Å². The minimum atomic E-state index is -4.18. The summed E-state index contributed by atoms with van der Waals surface area (Å²) in [5, 5.41) is 3.82. The summed E-state index contributed by atoms with van der Waals surface area (Å²) in [5.41, 5.74) is 8.55. The number of rotatable bonds is 6. The number of imidazole rings is 1. The molecule has 8 rings (SSSR count). The van der Waals surface area contributed by atoms with E-state index in [4.69, 9.17) is 70.8 Å². The zero-order valence-electron chi connectivity index (χ0n) is 36.0. The van der Waals surface area contributed by atoms with Gasteiger partial charge in [-0.2, -0.15) is 0 Å². The van der Waals surface area contributed by atoms with Crippen LogP contribution >= 0.6 is 13.4 Å². The number of fused-ring (bicyclic) bond motifs is 4. The van der Waals surface area contributed by atoms with E-state index < -0.39 is 79.2 Å². The molecule has 2 bridgehead atoms. The maximum Gasteiger partial charge on any atom is 0.325 e. The van der Waals surface area contributed by atoms with Crippen molar-refractivity contribution in [2.45, 2.75) is 140 Å². The van der Waals surface area contributed by atoms with Crippen molar-refractivity contribution in [3.05, 3.63) is 30.7 Å². The Bertz CT molecular complexity index is 2400. The van der Waals surface area contributed by atoms with Crippen LogP contribution in [0.4, 0.5) is 11.6 Å². The summed E-state index contributed by atoms with van der Waals surface area (Å²) in [5.74, 6) is 0.905. The van der Waals surface area contributed by atoms with E-state index in [1.165, 1.54) is 19.0 Å². The van der Waals surface area contributed by atoms with E-state index in [1.54, 1.807) is 4.57 Å². The van der Waals surface area contributed by atoms with Crippen molar-refractivity contribution in [2.24, 2.45) is 0 Å². The third kappa shape index (κ3) is 8.81. The first-order valence-corrected chi connectivity index (χ1v) is 31.4. The van der Waals surface area contributed by atoms with Crippen LogP contribution in [0.3, 0.4) is 0 Å². The summed E-state index contributed by atoms with van der Waals surface area (Å²) in [6.07, 6.45) is 0.305. The third-order valence-corrected chi connectivity index (χ3v) is 25.0. The van der Waals surface area contributed by atoms with Crippen molar-refractivity contribution in [1.82, 2.24) is 34.1 Å². The van der Waals surface area contributed by atoms with E-state index >= 15 is 0 Å². The first-order chi connectivity index (χ1) is 28.4. The second-order valence-corrected chi connectivity index (χ2v) is 34.2. The Kier molecular flexibility index (Phi) is 12.1. The first kappa shape index (κ1) is 45.7. The van der Waals surface area contributed by atoms with Crippen molar-refractivity contribution >= 4 is 87.5 Å². The fourth-order valence-corrected chi connectivity index (χ4v) is 13.1. The molecule has 0 amide bonds. The number of nitrogens with two attached hydrogens (primary N) is 1. The van der Waals surface area contributed by atoms with E-state index in [-0.39, 0.29) is 29.1 Å². The molecule has 8 heterocycles. The molecular formula is C36H57N9O10P2S2Si2. The number of nitrogens with zero attached hydrogens (tertiary/aromatic N) is 7. The van der Waals surface area contributed by atoms with Gasteiger partial charge in [0.05, 0.1) is 24.9 Å². The van der Waals surface area contributed by atoms with Crippen LogP contribution in [0.5, 0.6) is 0 Å². The normalized spacial score (nSPS) is 33.1. The molecule has 5 N–H and O–H groups in total. The van der Waals surface area contributed by atoms with Crippen molar-refractivity contribution < 1.29 is 46.2 Å². The predicted octanol–water partition coefficient (Wildman–Crippen LogP) is 6.04. The number of hydrogen-bond donors (Lipinski definition) is 4. The lowest BCUT2D eigenvalue weighted by Crippen LogP contribution is -2.50. The topological polar surface area (TPSA) is 227 Å². The van der Waals surface area contributed by atoms with Gasteiger partial charge in [-0.05, 0) is 78.3 Å². The van der Waals surface area contributed by atoms with E-state index in [2.05, 4.69) is 93.0 Å². The van der Waals surface area contributed by atoms with Gasteiger partial charge < -0.3 is 52.8 Å². The lowest BCUT2D eigenvalue weighted by atomic mass is 10.1. The van der Waals surface area contributed by atoms with Crippen LogP contribution in [0.25, 0.3) is 22.2 Å². The molecule has 4 aromatic rings. The first-order valence-electron chi connectivity index (χ1n) is 20.4. The molecule has 0 aliphatic carbocycles. The van der Waals surface area contributed by atoms with E-state index in [0.29, 0.717) is 16.8 Å². The highest BCUT2D eigenvalue weighted by atomic mass is 32.5. The van der Waals surface area contributed by atoms with Gasteiger partial charge in [-0.1, -0.05) is 41.5 Å². The van der Waals surface area contributed by atoms with Crippen LogP contribution in [0.15, 0.2) is 25.2 Å². The lowest BCUT2D eigenvalue weighted by molar-refractivity contribution is -0.0604. The molecule has 0 spiro atoms. The number of anilines is 2. The fourth-order valence-electron chi connectivity index (χ4n) is 7.60. The van der Waals surface area contributed by atoms with E-state index in [9.17, 15) is 9.79 Å². The standard InChI is InChI=1S/C36H57N9O10P2S2Si2/c1-35(2,3)60(7,8)54-26-22-16-49-56(46,58)52-25-21(15-48-57(47,59)53-27(26)33(51-22)45-19-43-24-29(37)39-17-42-32(24)45)50-34(28(25)55-61(9,10)36(4,5)6)44-14-20-12-11-13-38-30-23(20)31(44)41-18-40-30/h14,17-19,21-22,25-28,33-34H,11-13,15-16H2,1-10H3,(H,46,58)(H,47,59)(H2,37,39,42)(H,38,40,41)/t21-,22-,25-,26-,27-,28-,33-,34-,56?,57?/m1/s1. The molecule has 25 heteroatoms. The molecule has 3 fully saturated rings. The van der Waals surface area contributed by atoms with Crippen LogP contribution in [0, 0.1) is 0 Å². The maximum atomic E-state index is 12.1. The van der Waals surface area contributed by atoms with Gasteiger partial charge in [-0.3, -0.25) is 13.6 Å². The predicted molar refractivity (Wildman–Crippen MR) is 241 cm³/mol. The highest BCUT2D eigenvalue weighted by Crippen LogP contribution is 2.56. The summed E-state index contributed by atoms with van der Waals surface area (Å²) in [6.45, 7) is 13.0. The molecular weight excluding hydrogens is 901 g/mol. The largest absolute Gasteiger partial charge is 0.408 e. The minimum absolute atomic E-state index is 0.168. The van der Waals surface area contributed by atoms with Gasteiger partial charge in [0.1, 0.15) is 66.3 Å². The molecule has 0 aromatic carbocycles. The van der Waals surface area contributed by atoms with Crippen molar-refractivity contribution in [3.8, 4) is 0 Å². The third-order valence-electron chi connectivity index (χ3n) is 12.9. The second kappa shape index (κ2) is 16.2. The van der Waals surface area contributed by atoms with Crippen LogP contribution in [0.1, 0.15) is 66.0 Å². The number of nitrogens with one attached hydrogen (secondary N) is 1. The average molecular weight is 958 g/mol. The van der Waals surface area contributed by atoms with Crippen molar-refractivity contribution in [2.75, 3.05) is 30.8 Å². The minimum Gasteiger partial charge on any atom is -0.408 e. The van der Waals surface area contributed by atoms with E-state index in [0.717, 1.165) is 36.2 Å². The molecule has 4 aromatic heterocycles. The summed E-state index contributed by atoms with van der Waals surface area (Å²) >= 11 is 11.6. The van der Waals surface area contributed by atoms with Crippen LogP contribution in [-0.4, -0.2) is 117 Å². The highest BCUT2D eigenvalue weighted by Gasteiger charge is 2.57. The summed E-state index contributed by atoms with van der Waals surface area (Å²) in [6, 6.07) is 0. The molecule has 3 saturated heterocycles. The Morgan fingerprint density at radius 1 is 0.787 bits per heavy atom. The molecule has 19 nitrogen and oxygen atoms in total. The van der Waals surface area contributed by atoms with Crippen LogP contribution in [0.2, 0.25) is 36.3 Å². The average Bonchev–Trinajstić information content (AvgIpc) is 3.87. The van der Waals surface area contributed by atoms with E-state index in [1.807, 2.05) is 10.8 Å². The van der Waals surface area contributed by atoms with Gasteiger partial charge in [-0.15, -0.1) is 0 Å². The Morgan fingerprint density at radius 2 is 1.38 bits per heavy atom. The summed E-state index contributed by atoms with van der Waals surface area (Å²) in [7, 11) is -5.23. The molecule has 61 heavy (non-hydrogen) atoms. The SMILES string of the molecule is CC(C)(C)[Si](C)(C)O[C@@H]1[C@@H]2OP(O)(=S)OC[C@H]3O[C@@H](n4cnc5c(N)ncnc54)[C@H](OP(O)(=S)OC[C@H]2O[C@H]1n1cc2c4c(ncnc41)NCCC2)[C@@H]3O[Si](C)(C)C(C)(C)C. The number of aromatic nitrogens is 7. The number of nitrogen functional groups attached to an aromatic ring is 1. The molecule has 10 atom stereocenters. The van der Waals surface area contributed by atoms with Gasteiger partial charge in [0.25, 0.3) is 0 Å². The molecule has 4 aliphatic heterocycles. The Balaban J connectivity index is 1.20. The summed E-state index contributed by atoms with van der Waals surface area (Å²) < 4.78 is 56.9. The summed E-state index contributed by atoms with van der Waals surface area (Å²) in [4.78, 5) is 46.3. The number of hydrogen-bond acceptors (Lipinski definition) is 17. The fraction of sp³-hybridized carbons (Fsp3) is 0.694. The van der Waals surface area contributed by atoms with Gasteiger partial charge in [-0.25, -0.2) is 24.9 Å². The lowest BCUT2D eigenvalue weighted by Gasteiger charge is -2.41. The van der Waals surface area contributed by atoms with Gasteiger partial charge in [0.2, 0.25) is 0 Å². The molecule has 336 valence electrons. The van der Waals surface area contributed by atoms with Crippen molar-refractivity contribution in [1.29, 1.82) is 0 Å². The van der Waals surface area contributed by atoms with Gasteiger partial charge in [0, 0.05) is 12.7 Å². The molecule has 2 unspecified atom stereocenters. The molecule has 0 radical (unpaired) electrons. The number of ether oxygens (including phenoxy) is 2. The molecule has 0 saturated carbocycles. The Morgan fingerprint density at radius 3 is 2.05 bits per heavy atom. The second-order valence-electron chi connectivity index (χ2n) is 19.1. The molecule has 4 aliphatic rings. The maximum absolute atomic E-state index is 12.1.